The Morgan fingerprint density at radius 2 is 2.10 bits per heavy atom. The number of aromatic nitrogens is 2. The second-order valence-corrected chi connectivity index (χ2v) is 5.74. The molecule has 0 aliphatic rings. The van der Waals surface area contributed by atoms with E-state index in [1.54, 1.807) is 29.9 Å². The summed E-state index contributed by atoms with van der Waals surface area (Å²) in [6.07, 6.45) is 3.24. The number of esters is 1. The summed E-state index contributed by atoms with van der Waals surface area (Å²) in [4.78, 5) is 29.8. The molecule has 1 amide bonds. The molecule has 0 unspecified atom stereocenters. The highest BCUT2D eigenvalue weighted by Gasteiger charge is 2.21. The normalized spacial score (nSPS) is 11.0. The number of hydrogen-bond acceptors (Lipinski definition) is 4. The molecule has 0 N–H and O–H groups in total. The van der Waals surface area contributed by atoms with Crippen molar-refractivity contribution in [3.05, 3.63) is 28.6 Å². The Kier molecular flexibility index (Phi) is 4.32. The first kappa shape index (κ1) is 15.5. The number of methoxy groups -OCH3 is 1. The first-order valence-corrected chi connectivity index (χ1v) is 7.18. The number of amides is 1. The van der Waals surface area contributed by atoms with Gasteiger partial charge in [0.1, 0.15) is 4.60 Å². The van der Waals surface area contributed by atoms with Gasteiger partial charge < -0.3 is 9.64 Å². The van der Waals surface area contributed by atoms with Crippen molar-refractivity contribution in [3.8, 4) is 0 Å². The summed E-state index contributed by atoms with van der Waals surface area (Å²) in [5.74, 6) is -0.683. The third-order valence-corrected chi connectivity index (χ3v) is 3.73. The zero-order valence-electron chi connectivity index (χ0n) is 12.3. The van der Waals surface area contributed by atoms with E-state index in [4.69, 9.17) is 4.74 Å². The van der Waals surface area contributed by atoms with E-state index in [1.165, 1.54) is 12.0 Å². The molecule has 0 radical (unpaired) electrons. The largest absolute Gasteiger partial charge is 0.465 e. The van der Waals surface area contributed by atoms with Crippen LogP contribution in [0.3, 0.4) is 0 Å². The number of anilines is 1. The zero-order chi connectivity index (χ0) is 15.7. The number of fused-ring (bicyclic) bond motifs is 1. The van der Waals surface area contributed by atoms with Gasteiger partial charge in [0.05, 0.1) is 24.6 Å². The maximum absolute atomic E-state index is 12.2. The second kappa shape index (κ2) is 5.85. The first-order valence-electron chi connectivity index (χ1n) is 6.39. The average Bonchev–Trinajstić information content (AvgIpc) is 2.85. The van der Waals surface area contributed by atoms with E-state index in [9.17, 15) is 9.59 Å². The van der Waals surface area contributed by atoms with Crippen molar-refractivity contribution in [3.63, 3.8) is 0 Å². The summed E-state index contributed by atoms with van der Waals surface area (Å²) in [5, 5.41) is 0. The van der Waals surface area contributed by atoms with Crippen LogP contribution in [0, 0.1) is 5.92 Å². The molecule has 0 aliphatic carbocycles. The number of carbonyl (C=O) groups excluding carboxylic acids is 2. The minimum atomic E-state index is -0.468. The minimum absolute atomic E-state index is 0.0574. The number of halogens is 1. The fourth-order valence-electron chi connectivity index (χ4n) is 2.02. The SMILES string of the molecule is COC(=O)c1cc(N(C)C(=O)C(C)C)c2ncc(Br)n2c1. The second-order valence-electron chi connectivity index (χ2n) is 4.93. The standard InChI is InChI=1S/C14H16BrN3O3/c1-8(2)13(19)17(3)10-5-9(14(20)21-4)7-18-11(15)6-16-12(10)18/h5-8H,1-4H3. The van der Waals surface area contributed by atoms with E-state index in [0.717, 1.165) is 0 Å². The van der Waals surface area contributed by atoms with E-state index in [2.05, 4.69) is 20.9 Å². The first-order chi connectivity index (χ1) is 9.86. The molecule has 0 saturated carbocycles. The molecule has 2 aromatic heterocycles. The molecule has 2 rings (SSSR count). The molecule has 2 aromatic rings. The number of hydrogen-bond donors (Lipinski definition) is 0. The summed E-state index contributed by atoms with van der Waals surface area (Å²) in [7, 11) is 2.99. The van der Waals surface area contributed by atoms with Crippen LogP contribution in [0.25, 0.3) is 5.65 Å². The van der Waals surface area contributed by atoms with Gasteiger partial charge in [0.2, 0.25) is 5.91 Å². The summed E-state index contributed by atoms with van der Waals surface area (Å²) in [6, 6.07) is 1.61. The van der Waals surface area contributed by atoms with Crippen LogP contribution in [0.15, 0.2) is 23.1 Å². The van der Waals surface area contributed by atoms with Crippen LogP contribution in [-0.2, 0) is 9.53 Å². The lowest BCUT2D eigenvalue weighted by Crippen LogP contribution is -2.31. The van der Waals surface area contributed by atoms with Crippen LogP contribution in [-0.4, -0.2) is 35.4 Å². The smallest absolute Gasteiger partial charge is 0.339 e. The van der Waals surface area contributed by atoms with Gasteiger partial charge in [0, 0.05) is 19.2 Å². The number of nitrogens with zero attached hydrogens (tertiary/aromatic N) is 3. The predicted octanol–water partition coefficient (Wildman–Crippen LogP) is 2.50. The van der Waals surface area contributed by atoms with Crippen LogP contribution >= 0.6 is 15.9 Å². The van der Waals surface area contributed by atoms with Crippen molar-refractivity contribution in [2.75, 3.05) is 19.1 Å². The van der Waals surface area contributed by atoms with Gasteiger partial charge in [-0.25, -0.2) is 9.78 Å². The number of imidazole rings is 1. The Morgan fingerprint density at radius 1 is 1.43 bits per heavy atom. The highest BCUT2D eigenvalue weighted by atomic mass is 79.9. The number of pyridine rings is 1. The quantitative estimate of drug-likeness (QED) is 0.795. The Hall–Kier alpha value is -1.89. The molecule has 0 aliphatic heterocycles. The Labute approximate surface area is 130 Å². The fraction of sp³-hybridized carbons (Fsp3) is 0.357. The van der Waals surface area contributed by atoms with Crippen molar-refractivity contribution in [2.45, 2.75) is 13.8 Å². The molecule has 0 fully saturated rings. The molecule has 0 spiro atoms. The molecule has 0 atom stereocenters. The maximum Gasteiger partial charge on any atom is 0.339 e. The summed E-state index contributed by atoms with van der Waals surface area (Å²) >= 11 is 3.37. The van der Waals surface area contributed by atoms with Gasteiger partial charge in [-0.3, -0.25) is 9.20 Å². The Balaban J connectivity index is 2.65. The summed E-state index contributed by atoms with van der Waals surface area (Å²) in [5.41, 5.74) is 1.50. The van der Waals surface area contributed by atoms with Gasteiger partial charge >= 0.3 is 5.97 Å². The third-order valence-electron chi connectivity index (χ3n) is 3.15. The summed E-state index contributed by atoms with van der Waals surface area (Å²) in [6.45, 7) is 3.64. The van der Waals surface area contributed by atoms with Crippen molar-refractivity contribution >= 4 is 39.1 Å². The monoisotopic (exact) mass is 353 g/mol. The molecule has 6 nitrogen and oxygen atoms in total. The minimum Gasteiger partial charge on any atom is -0.465 e. The van der Waals surface area contributed by atoms with Gasteiger partial charge in [0.15, 0.2) is 5.65 Å². The van der Waals surface area contributed by atoms with Gasteiger partial charge in [-0.05, 0) is 22.0 Å². The number of ether oxygens (including phenoxy) is 1. The van der Waals surface area contributed by atoms with Crippen LogP contribution < -0.4 is 4.90 Å². The molecule has 0 saturated heterocycles. The van der Waals surface area contributed by atoms with Crippen LogP contribution in [0.5, 0.6) is 0 Å². The van der Waals surface area contributed by atoms with E-state index in [1.807, 2.05) is 13.8 Å². The van der Waals surface area contributed by atoms with Crippen LogP contribution in [0.4, 0.5) is 5.69 Å². The van der Waals surface area contributed by atoms with E-state index < -0.39 is 5.97 Å². The molecule has 0 bridgehead atoms. The Bertz CT molecular complexity index is 709. The molecule has 21 heavy (non-hydrogen) atoms. The molecule has 2 heterocycles. The predicted molar refractivity (Wildman–Crippen MR) is 82.5 cm³/mol. The van der Waals surface area contributed by atoms with Gasteiger partial charge in [-0.1, -0.05) is 13.8 Å². The number of carbonyl (C=O) groups is 2. The highest BCUT2D eigenvalue weighted by Crippen LogP contribution is 2.26. The summed E-state index contributed by atoms with van der Waals surface area (Å²) < 4.78 is 7.14. The van der Waals surface area contributed by atoms with E-state index >= 15 is 0 Å². The fourth-order valence-corrected chi connectivity index (χ4v) is 2.40. The third kappa shape index (κ3) is 2.78. The molecule has 112 valence electrons. The molecular weight excluding hydrogens is 338 g/mol. The molecular formula is C14H16BrN3O3. The highest BCUT2D eigenvalue weighted by molar-refractivity contribution is 9.10. The van der Waals surface area contributed by atoms with Crippen molar-refractivity contribution in [1.82, 2.24) is 9.38 Å². The average molecular weight is 354 g/mol. The van der Waals surface area contributed by atoms with Crippen molar-refractivity contribution in [1.29, 1.82) is 0 Å². The van der Waals surface area contributed by atoms with Gasteiger partial charge in [0.25, 0.3) is 0 Å². The van der Waals surface area contributed by atoms with Crippen molar-refractivity contribution < 1.29 is 14.3 Å². The van der Waals surface area contributed by atoms with Crippen LogP contribution in [0.2, 0.25) is 0 Å². The van der Waals surface area contributed by atoms with Crippen molar-refractivity contribution in [2.24, 2.45) is 5.92 Å². The maximum atomic E-state index is 12.2. The zero-order valence-corrected chi connectivity index (χ0v) is 13.8. The lowest BCUT2D eigenvalue weighted by atomic mass is 10.1. The van der Waals surface area contributed by atoms with Gasteiger partial charge in [-0.2, -0.15) is 0 Å². The van der Waals surface area contributed by atoms with Crippen LogP contribution in [0.1, 0.15) is 24.2 Å². The Morgan fingerprint density at radius 3 is 2.67 bits per heavy atom. The van der Waals surface area contributed by atoms with E-state index in [0.29, 0.717) is 21.5 Å². The van der Waals surface area contributed by atoms with Gasteiger partial charge in [-0.15, -0.1) is 0 Å². The lowest BCUT2D eigenvalue weighted by Gasteiger charge is -2.20. The topological polar surface area (TPSA) is 63.9 Å². The lowest BCUT2D eigenvalue weighted by molar-refractivity contribution is -0.121. The van der Waals surface area contributed by atoms with E-state index in [-0.39, 0.29) is 11.8 Å². The number of rotatable bonds is 3. The molecule has 7 heteroatoms. The molecule has 0 aromatic carbocycles.